The molecule has 0 fully saturated rings. The fourth-order valence-electron chi connectivity index (χ4n) is 4.72. The Hall–Kier alpha value is -5.37. The van der Waals surface area contributed by atoms with E-state index in [0.29, 0.717) is 47.9 Å². The summed E-state index contributed by atoms with van der Waals surface area (Å²) in [5.41, 5.74) is 3.88. The number of aromatic nitrogens is 1. The maximum absolute atomic E-state index is 13.2. The third-order valence-corrected chi connectivity index (χ3v) is 6.98. The number of phenols is 1. The maximum Gasteiger partial charge on any atom is 0.328 e. The van der Waals surface area contributed by atoms with Crippen LogP contribution in [-0.2, 0) is 22.4 Å². The van der Waals surface area contributed by atoms with E-state index in [0.717, 1.165) is 22.6 Å². The van der Waals surface area contributed by atoms with E-state index in [9.17, 15) is 14.7 Å². The minimum absolute atomic E-state index is 0.00149. The first kappa shape index (κ1) is 29.1. The molecule has 0 saturated heterocycles. The number of aryl methyl sites for hydroxylation is 1. The molecule has 0 aliphatic heterocycles. The van der Waals surface area contributed by atoms with Crippen molar-refractivity contribution in [1.29, 1.82) is 0 Å². The Balaban J connectivity index is 1.22. The molecule has 5 aromatic rings. The fraction of sp³-hybridized carbons (Fsp3) is 0.171. The second-order valence-corrected chi connectivity index (χ2v) is 9.98. The molecular formula is C35H32N2O6. The standard InChI is InChI=1S/C35H32N2O6/c1-23-30(37-34(43-23)25-9-4-3-5-10-25)19-20-42-28-17-15-24(16-18-28)21-32(35(40)41-2)36-31-14-7-6-13-29(31)33(39)26-11-8-12-27(38)22-26/h3-18,22,32,36,38H,19-21H2,1-2H3. The van der Waals surface area contributed by atoms with Crippen molar-refractivity contribution < 1.29 is 28.6 Å². The number of methoxy groups -OCH3 is 1. The summed E-state index contributed by atoms with van der Waals surface area (Å²) in [5.74, 6) is 1.32. The van der Waals surface area contributed by atoms with E-state index in [1.165, 1.54) is 19.2 Å². The van der Waals surface area contributed by atoms with Crippen LogP contribution in [0.3, 0.4) is 0 Å². The highest BCUT2D eigenvalue weighted by Gasteiger charge is 2.23. The topological polar surface area (TPSA) is 111 Å². The van der Waals surface area contributed by atoms with Crippen LogP contribution in [0.4, 0.5) is 5.69 Å². The van der Waals surface area contributed by atoms with E-state index in [-0.39, 0.29) is 11.5 Å². The molecule has 218 valence electrons. The molecule has 1 unspecified atom stereocenters. The predicted octanol–water partition coefficient (Wildman–Crippen LogP) is 6.40. The average Bonchev–Trinajstić information content (AvgIpc) is 3.41. The van der Waals surface area contributed by atoms with Gasteiger partial charge in [0.25, 0.3) is 0 Å². The molecule has 8 heteroatoms. The molecule has 0 aliphatic rings. The van der Waals surface area contributed by atoms with Gasteiger partial charge in [-0.3, -0.25) is 4.79 Å². The molecule has 0 radical (unpaired) electrons. The van der Waals surface area contributed by atoms with E-state index in [1.54, 1.807) is 36.4 Å². The van der Waals surface area contributed by atoms with Gasteiger partial charge in [-0.1, -0.05) is 54.6 Å². The molecular weight excluding hydrogens is 544 g/mol. The zero-order chi connectivity index (χ0) is 30.2. The molecule has 0 saturated carbocycles. The van der Waals surface area contributed by atoms with Gasteiger partial charge in [-0.05, 0) is 61.0 Å². The van der Waals surface area contributed by atoms with Gasteiger partial charge in [-0.25, -0.2) is 9.78 Å². The van der Waals surface area contributed by atoms with Crippen LogP contribution in [0.25, 0.3) is 11.5 Å². The number of oxazole rings is 1. The molecule has 43 heavy (non-hydrogen) atoms. The Morgan fingerprint density at radius 2 is 1.67 bits per heavy atom. The SMILES string of the molecule is COC(=O)C(Cc1ccc(OCCc2nc(-c3ccccc3)oc2C)cc1)Nc1ccccc1C(=O)c1cccc(O)c1. The number of hydrogen-bond donors (Lipinski definition) is 2. The van der Waals surface area contributed by atoms with Crippen molar-refractivity contribution in [3.05, 3.63) is 131 Å². The van der Waals surface area contributed by atoms with Gasteiger partial charge in [0.2, 0.25) is 5.89 Å². The smallest absolute Gasteiger partial charge is 0.328 e. The van der Waals surface area contributed by atoms with Crippen molar-refractivity contribution in [3.8, 4) is 23.0 Å². The van der Waals surface area contributed by atoms with Crippen molar-refractivity contribution >= 4 is 17.4 Å². The summed E-state index contributed by atoms with van der Waals surface area (Å²) < 4.78 is 16.8. The number of para-hydroxylation sites is 1. The van der Waals surface area contributed by atoms with E-state index >= 15 is 0 Å². The van der Waals surface area contributed by atoms with Gasteiger partial charge in [0.1, 0.15) is 23.3 Å². The van der Waals surface area contributed by atoms with Gasteiger partial charge in [0.15, 0.2) is 5.78 Å². The lowest BCUT2D eigenvalue weighted by atomic mass is 10.00. The molecule has 5 rings (SSSR count). The number of nitrogens with zero attached hydrogens (tertiary/aromatic N) is 1. The number of hydrogen-bond acceptors (Lipinski definition) is 8. The van der Waals surface area contributed by atoms with Gasteiger partial charge in [0.05, 0.1) is 19.4 Å². The highest BCUT2D eigenvalue weighted by atomic mass is 16.5. The van der Waals surface area contributed by atoms with Crippen molar-refractivity contribution in [2.24, 2.45) is 0 Å². The molecule has 0 bridgehead atoms. The van der Waals surface area contributed by atoms with Crippen LogP contribution in [-0.4, -0.2) is 41.6 Å². The van der Waals surface area contributed by atoms with Crippen LogP contribution in [0.15, 0.2) is 108 Å². The summed E-state index contributed by atoms with van der Waals surface area (Å²) >= 11 is 0. The van der Waals surface area contributed by atoms with Crippen LogP contribution in [0.1, 0.15) is 32.9 Å². The average molecular weight is 577 g/mol. The Morgan fingerprint density at radius 3 is 2.42 bits per heavy atom. The zero-order valence-corrected chi connectivity index (χ0v) is 23.9. The molecule has 4 aromatic carbocycles. The molecule has 8 nitrogen and oxygen atoms in total. The first-order valence-corrected chi connectivity index (χ1v) is 13.9. The minimum atomic E-state index is -0.746. The van der Waals surface area contributed by atoms with Crippen molar-refractivity contribution in [2.75, 3.05) is 19.0 Å². The summed E-state index contributed by atoms with van der Waals surface area (Å²) in [5, 5.41) is 13.0. The second-order valence-electron chi connectivity index (χ2n) is 9.98. The maximum atomic E-state index is 13.2. The number of anilines is 1. The predicted molar refractivity (Wildman–Crippen MR) is 163 cm³/mol. The van der Waals surface area contributed by atoms with Crippen molar-refractivity contribution in [3.63, 3.8) is 0 Å². The number of carbonyl (C=O) groups excluding carboxylic acids is 2. The van der Waals surface area contributed by atoms with Crippen LogP contribution in [0.2, 0.25) is 0 Å². The molecule has 1 aromatic heterocycles. The monoisotopic (exact) mass is 576 g/mol. The lowest BCUT2D eigenvalue weighted by Gasteiger charge is -2.20. The largest absolute Gasteiger partial charge is 0.508 e. The number of carbonyl (C=O) groups is 2. The van der Waals surface area contributed by atoms with Crippen molar-refractivity contribution in [2.45, 2.75) is 25.8 Å². The molecule has 1 heterocycles. The van der Waals surface area contributed by atoms with E-state index in [4.69, 9.17) is 13.9 Å². The summed E-state index contributed by atoms with van der Waals surface area (Å²) in [6, 6.07) is 29.6. The number of esters is 1. The molecule has 1 atom stereocenters. The summed E-state index contributed by atoms with van der Waals surface area (Å²) in [6.07, 6.45) is 0.918. The van der Waals surface area contributed by atoms with E-state index in [2.05, 4.69) is 10.3 Å². The number of benzene rings is 4. The zero-order valence-electron chi connectivity index (χ0n) is 23.9. The van der Waals surface area contributed by atoms with E-state index in [1.807, 2.05) is 61.5 Å². The highest BCUT2D eigenvalue weighted by molar-refractivity contribution is 6.12. The van der Waals surface area contributed by atoms with Gasteiger partial charge in [-0.15, -0.1) is 0 Å². The van der Waals surface area contributed by atoms with Gasteiger partial charge in [0, 0.05) is 35.2 Å². The van der Waals surface area contributed by atoms with Crippen LogP contribution < -0.4 is 10.1 Å². The lowest BCUT2D eigenvalue weighted by Crippen LogP contribution is -2.33. The second kappa shape index (κ2) is 13.5. The summed E-state index contributed by atoms with van der Waals surface area (Å²) in [6.45, 7) is 2.33. The number of rotatable bonds is 12. The third kappa shape index (κ3) is 7.29. The normalized spacial score (nSPS) is 11.5. The van der Waals surface area contributed by atoms with Crippen LogP contribution in [0.5, 0.6) is 11.5 Å². The highest BCUT2D eigenvalue weighted by Crippen LogP contribution is 2.24. The molecule has 0 amide bonds. The number of aromatic hydroxyl groups is 1. The Bertz CT molecular complexity index is 1700. The first-order chi connectivity index (χ1) is 20.9. The molecule has 0 aliphatic carbocycles. The number of phenolic OH excluding ortho intramolecular Hbond substituents is 1. The van der Waals surface area contributed by atoms with Gasteiger partial charge >= 0.3 is 5.97 Å². The van der Waals surface area contributed by atoms with Crippen LogP contribution >= 0.6 is 0 Å². The van der Waals surface area contributed by atoms with Crippen molar-refractivity contribution in [1.82, 2.24) is 4.98 Å². The Morgan fingerprint density at radius 1 is 0.930 bits per heavy atom. The molecule has 0 spiro atoms. The minimum Gasteiger partial charge on any atom is -0.508 e. The fourth-order valence-corrected chi connectivity index (χ4v) is 4.72. The van der Waals surface area contributed by atoms with Gasteiger partial charge in [-0.2, -0.15) is 0 Å². The summed E-state index contributed by atoms with van der Waals surface area (Å²) in [7, 11) is 1.33. The molecule has 2 N–H and O–H groups in total. The first-order valence-electron chi connectivity index (χ1n) is 13.9. The van der Waals surface area contributed by atoms with E-state index < -0.39 is 12.0 Å². The Kier molecular flexibility index (Phi) is 9.17. The van der Waals surface area contributed by atoms with Crippen LogP contribution in [0, 0.1) is 6.92 Å². The lowest BCUT2D eigenvalue weighted by molar-refractivity contribution is -0.141. The quantitative estimate of drug-likeness (QED) is 0.130. The Labute approximate surface area is 249 Å². The number of ketones is 1. The number of ether oxygens (including phenoxy) is 2. The number of nitrogens with one attached hydrogen (secondary N) is 1. The summed E-state index contributed by atoms with van der Waals surface area (Å²) in [4.78, 5) is 30.6. The third-order valence-electron chi connectivity index (χ3n) is 6.98. The van der Waals surface area contributed by atoms with Gasteiger partial charge < -0.3 is 24.3 Å².